The number of piperidine rings is 1. The van der Waals surface area contributed by atoms with E-state index in [9.17, 15) is 14.7 Å². The number of carbonyl (C=O) groups is 2. The van der Waals surface area contributed by atoms with Crippen molar-refractivity contribution in [1.29, 1.82) is 0 Å². The standard InChI is InChI=1S/C16H20ClN3O3/c1-16(14(22)18-15(23)19-16)11-4-6-20(7-5-11)9-10-8-12(17)2-3-13(10)21/h2-3,8,11,21H,4-7,9H2,1H3,(H2,18,19,22,23). The van der Waals surface area contributed by atoms with Crippen molar-refractivity contribution in [2.45, 2.75) is 31.8 Å². The van der Waals surface area contributed by atoms with Gasteiger partial charge in [-0.3, -0.25) is 15.0 Å². The van der Waals surface area contributed by atoms with Crippen LogP contribution in [0.1, 0.15) is 25.3 Å². The monoisotopic (exact) mass is 337 g/mol. The summed E-state index contributed by atoms with van der Waals surface area (Å²) in [7, 11) is 0. The van der Waals surface area contributed by atoms with E-state index in [-0.39, 0.29) is 17.6 Å². The molecule has 0 spiro atoms. The maximum absolute atomic E-state index is 12.0. The second-order valence-electron chi connectivity index (χ2n) is 6.43. The number of hydrogen-bond donors (Lipinski definition) is 3. The summed E-state index contributed by atoms with van der Waals surface area (Å²) in [6, 6.07) is 4.62. The zero-order valence-corrected chi connectivity index (χ0v) is 13.7. The van der Waals surface area contributed by atoms with Gasteiger partial charge in [-0.2, -0.15) is 0 Å². The Balaban J connectivity index is 1.62. The normalized spacial score (nSPS) is 26.2. The van der Waals surface area contributed by atoms with Gasteiger partial charge < -0.3 is 10.4 Å². The van der Waals surface area contributed by atoms with Gasteiger partial charge in [0.05, 0.1) is 0 Å². The minimum atomic E-state index is -0.818. The highest BCUT2D eigenvalue weighted by Gasteiger charge is 2.48. The van der Waals surface area contributed by atoms with E-state index in [1.807, 2.05) is 0 Å². The molecule has 0 radical (unpaired) electrons. The zero-order valence-electron chi connectivity index (χ0n) is 12.9. The minimum Gasteiger partial charge on any atom is -0.508 e. The third-order valence-corrected chi connectivity index (χ3v) is 5.15. The van der Waals surface area contributed by atoms with Crippen LogP contribution in [0, 0.1) is 5.92 Å². The van der Waals surface area contributed by atoms with Crippen molar-refractivity contribution in [1.82, 2.24) is 15.5 Å². The number of benzene rings is 1. The van der Waals surface area contributed by atoms with Gasteiger partial charge in [0.2, 0.25) is 0 Å². The van der Waals surface area contributed by atoms with Crippen LogP contribution in [0.25, 0.3) is 0 Å². The maximum Gasteiger partial charge on any atom is 0.322 e. The van der Waals surface area contributed by atoms with Gasteiger partial charge in [0.15, 0.2) is 0 Å². The van der Waals surface area contributed by atoms with E-state index >= 15 is 0 Å². The molecule has 0 aromatic heterocycles. The Morgan fingerprint density at radius 2 is 2.04 bits per heavy atom. The molecule has 2 fully saturated rings. The number of urea groups is 1. The van der Waals surface area contributed by atoms with Crippen LogP contribution in [-0.4, -0.2) is 40.6 Å². The summed E-state index contributed by atoms with van der Waals surface area (Å²) in [5, 5.41) is 15.6. The molecule has 0 bridgehead atoms. The van der Waals surface area contributed by atoms with Crippen LogP contribution in [0.15, 0.2) is 18.2 Å². The van der Waals surface area contributed by atoms with Gasteiger partial charge >= 0.3 is 6.03 Å². The number of carbonyl (C=O) groups excluding carboxylic acids is 2. The van der Waals surface area contributed by atoms with Crippen molar-refractivity contribution >= 4 is 23.5 Å². The summed E-state index contributed by atoms with van der Waals surface area (Å²) in [6.45, 7) is 4.01. The van der Waals surface area contributed by atoms with Gasteiger partial charge in [-0.1, -0.05) is 11.6 Å². The Labute approximate surface area is 139 Å². The lowest BCUT2D eigenvalue weighted by molar-refractivity contribution is -0.125. The average molecular weight is 338 g/mol. The van der Waals surface area contributed by atoms with Crippen LogP contribution >= 0.6 is 11.6 Å². The van der Waals surface area contributed by atoms with E-state index in [0.29, 0.717) is 11.6 Å². The molecule has 124 valence electrons. The van der Waals surface area contributed by atoms with E-state index in [2.05, 4.69) is 15.5 Å². The Hall–Kier alpha value is -1.79. The van der Waals surface area contributed by atoms with Crippen LogP contribution < -0.4 is 10.6 Å². The largest absolute Gasteiger partial charge is 0.508 e. The van der Waals surface area contributed by atoms with E-state index in [1.165, 1.54) is 0 Å². The summed E-state index contributed by atoms with van der Waals surface area (Å²) in [6.07, 6.45) is 1.62. The summed E-state index contributed by atoms with van der Waals surface area (Å²) in [4.78, 5) is 25.6. The highest BCUT2D eigenvalue weighted by Crippen LogP contribution is 2.32. The molecule has 0 aliphatic carbocycles. The predicted molar refractivity (Wildman–Crippen MR) is 86.2 cm³/mol. The molecular formula is C16H20ClN3O3. The number of rotatable bonds is 3. The number of aromatic hydroxyl groups is 1. The van der Waals surface area contributed by atoms with E-state index < -0.39 is 11.6 Å². The SMILES string of the molecule is CC1(C2CCN(Cc3cc(Cl)ccc3O)CC2)NC(=O)NC1=O. The molecule has 2 heterocycles. The summed E-state index contributed by atoms with van der Waals surface area (Å²) < 4.78 is 0. The predicted octanol–water partition coefficient (Wildman–Crippen LogP) is 1.86. The lowest BCUT2D eigenvalue weighted by Gasteiger charge is -2.38. The third-order valence-electron chi connectivity index (χ3n) is 4.91. The smallest absolute Gasteiger partial charge is 0.322 e. The quantitative estimate of drug-likeness (QED) is 0.735. The lowest BCUT2D eigenvalue weighted by atomic mass is 9.79. The molecule has 7 heteroatoms. The molecule has 2 aliphatic rings. The molecule has 1 unspecified atom stereocenters. The number of halogens is 1. The van der Waals surface area contributed by atoms with E-state index in [0.717, 1.165) is 31.5 Å². The molecule has 1 atom stereocenters. The molecular weight excluding hydrogens is 318 g/mol. The molecule has 3 rings (SSSR count). The van der Waals surface area contributed by atoms with Crippen molar-refractivity contribution in [3.8, 4) is 5.75 Å². The summed E-state index contributed by atoms with van der Waals surface area (Å²) >= 11 is 5.98. The number of imide groups is 1. The molecule has 23 heavy (non-hydrogen) atoms. The number of amides is 3. The summed E-state index contributed by atoms with van der Waals surface area (Å²) in [5.74, 6) is 0.109. The zero-order chi connectivity index (χ0) is 16.6. The van der Waals surface area contributed by atoms with Crippen molar-refractivity contribution in [3.63, 3.8) is 0 Å². The summed E-state index contributed by atoms with van der Waals surface area (Å²) in [5.41, 5.74) is -0.0180. The second-order valence-corrected chi connectivity index (χ2v) is 6.87. The van der Waals surface area contributed by atoms with Gasteiger partial charge in [-0.25, -0.2) is 4.79 Å². The highest BCUT2D eigenvalue weighted by molar-refractivity contribution is 6.30. The topological polar surface area (TPSA) is 81.7 Å². The van der Waals surface area contributed by atoms with Crippen molar-refractivity contribution in [2.24, 2.45) is 5.92 Å². The molecule has 1 aromatic rings. The van der Waals surface area contributed by atoms with Crippen LogP contribution in [0.3, 0.4) is 0 Å². The van der Waals surface area contributed by atoms with Crippen LogP contribution in [-0.2, 0) is 11.3 Å². The van der Waals surface area contributed by atoms with Crippen molar-refractivity contribution < 1.29 is 14.7 Å². The molecule has 3 amide bonds. The number of nitrogens with one attached hydrogen (secondary N) is 2. The number of phenolic OH excluding ortho intramolecular Hbond substituents is 1. The van der Waals surface area contributed by atoms with Gasteiger partial charge in [0.1, 0.15) is 11.3 Å². The fraction of sp³-hybridized carbons (Fsp3) is 0.500. The van der Waals surface area contributed by atoms with E-state index in [4.69, 9.17) is 11.6 Å². The fourth-order valence-electron chi connectivity index (χ4n) is 3.43. The number of hydrogen-bond acceptors (Lipinski definition) is 4. The van der Waals surface area contributed by atoms with Gasteiger partial charge in [-0.15, -0.1) is 0 Å². The maximum atomic E-state index is 12.0. The molecule has 2 saturated heterocycles. The first-order chi connectivity index (χ1) is 10.9. The number of likely N-dealkylation sites (tertiary alicyclic amines) is 1. The van der Waals surface area contributed by atoms with Crippen molar-refractivity contribution in [2.75, 3.05) is 13.1 Å². The second kappa shape index (κ2) is 6.02. The average Bonchev–Trinajstić information content (AvgIpc) is 2.77. The Morgan fingerprint density at radius 1 is 1.35 bits per heavy atom. The van der Waals surface area contributed by atoms with Crippen LogP contribution in [0.2, 0.25) is 5.02 Å². The Morgan fingerprint density at radius 3 is 2.65 bits per heavy atom. The van der Waals surface area contributed by atoms with Gasteiger partial charge in [0.25, 0.3) is 5.91 Å². The first-order valence-electron chi connectivity index (χ1n) is 7.72. The third kappa shape index (κ3) is 3.14. The number of phenols is 1. The van der Waals surface area contributed by atoms with Crippen molar-refractivity contribution in [3.05, 3.63) is 28.8 Å². The van der Waals surface area contributed by atoms with Gasteiger partial charge in [0, 0.05) is 17.1 Å². The molecule has 3 N–H and O–H groups in total. The van der Waals surface area contributed by atoms with Gasteiger partial charge in [-0.05, 0) is 57.0 Å². The van der Waals surface area contributed by atoms with Crippen LogP contribution in [0.5, 0.6) is 5.75 Å². The Kier molecular flexibility index (Phi) is 4.21. The fourth-order valence-corrected chi connectivity index (χ4v) is 3.63. The lowest BCUT2D eigenvalue weighted by Crippen LogP contribution is -2.53. The molecule has 0 saturated carbocycles. The molecule has 2 aliphatic heterocycles. The molecule has 6 nitrogen and oxygen atoms in total. The molecule has 1 aromatic carbocycles. The Bertz CT molecular complexity index is 643. The first-order valence-corrected chi connectivity index (χ1v) is 8.09. The highest BCUT2D eigenvalue weighted by atomic mass is 35.5. The number of nitrogens with zero attached hydrogens (tertiary/aromatic N) is 1. The minimum absolute atomic E-state index is 0.109. The van der Waals surface area contributed by atoms with E-state index in [1.54, 1.807) is 25.1 Å². The first kappa shape index (κ1) is 16.1. The van der Waals surface area contributed by atoms with Crippen LogP contribution in [0.4, 0.5) is 4.79 Å².